The number of benzene rings is 2. The molecule has 1 aliphatic rings. The van der Waals surface area contributed by atoms with Gasteiger partial charge in [-0.2, -0.15) is 0 Å². The molecule has 1 fully saturated rings. The Balaban J connectivity index is 1.67. The van der Waals surface area contributed by atoms with E-state index >= 15 is 0 Å². The van der Waals surface area contributed by atoms with Gasteiger partial charge in [0, 0.05) is 0 Å². The van der Waals surface area contributed by atoms with Gasteiger partial charge in [0.1, 0.15) is 12.2 Å². The molecule has 134 valence electrons. The molecule has 0 aliphatic carbocycles. The second-order valence-corrected chi connectivity index (χ2v) is 6.20. The van der Waals surface area contributed by atoms with Gasteiger partial charge >= 0.3 is 0 Å². The lowest BCUT2D eigenvalue weighted by atomic mass is 10.00. The molecule has 0 saturated carbocycles. The van der Waals surface area contributed by atoms with Crippen molar-refractivity contribution in [2.24, 2.45) is 0 Å². The van der Waals surface area contributed by atoms with Gasteiger partial charge in [-0.05, 0) is 18.1 Å². The second kappa shape index (κ2) is 8.54. The fourth-order valence-corrected chi connectivity index (χ4v) is 2.93. The number of hydrogen-bond acceptors (Lipinski definition) is 4. The van der Waals surface area contributed by atoms with Crippen molar-refractivity contribution in [1.82, 2.24) is 0 Å². The van der Waals surface area contributed by atoms with Crippen LogP contribution in [0.1, 0.15) is 18.1 Å². The first-order valence-corrected chi connectivity index (χ1v) is 8.44. The van der Waals surface area contributed by atoms with E-state index in [1.807, 2.05) is 60.7 Å². The van der Waals surface area contributed by atoms with Crippen molar-refractivity contribution in [2.75, 3.05) is 0 Å². The Morgan fingerprint density at radius 2 is 1.36 bits per heavy atom. The SMILES string of the molecule is C[C@@H]1O[C@H](O)[C@@H](F)[C@H](OCc2ccccc2)[C@@H]1OCc1ccccc1. The summed E-state index contributed by atoms with van der Waals surface area (Å²) in [4.78, 5) is 0. The Bertz CT molecular complexity index is 637. The highest BCUT2D eigenvalue weighted by atomic mass is 19.1. The number of alkyl halides is 1. The van der Waals surface area contributed by atoms with Crippen molar-refractivity contribution in [2.45, 2.75) is 50.9 Å². The van der Waals surface area contributed by atoms with Gasteiger partial charge < -0.3 is 19.3 Å². The fourth-order valence-electron chi connectivity index (χ4n) is 2.93. The van der Waals surface area contributed by atoms with Gasteiger partial charge in [-0.15, -0.1) is 0 Å². The molecule has 2 aromatic carbocycles. The van der Waals surface area contributed by atoms with Gasteiger partial charge in [0.15, 0.2) is 12.5 Å². The number of ether oxygens (including phenoxy) is 3. The molecule has 25 heavy (non-hydrogen) atoms. The van der Waals surface area contributed by atoms with E-state index in [0.29, 0.717) is 6.61 Å². The molecule has 0 radical (unpaired) electrons. The van der Waals surface area contributed by atoms with Crippen LogP contribution in [-0.2, 0) is 27.4 Å². The van der Waals surface area contributed by atoms with Crippen LogP contribution in [-0.4, -0.2) is 35.9 Å². The van der Waals surface area contributed by atoms with Crippen molar-refractivity contribution in [3.8, 4) is 0 Å². The summed E-state index contributed by atoms with van der Waals surface area (Å²) >= 11 is 0. The largest absolute Gasteiger partial charge is 0.368 e. The fraction of sp³-hybridized carbons (Fsp3) is 0.400. The first-order valence-electron chi connectivity index (χ1n) is 8.44. The molecule has 0 bridgehead atoms. The Hall–Kier alpha value is -1.79. The third-order valence-corrected chi connectivity index (χ3v) is 4.30. The molecular formula is C20H23FO4. The smallest absolute Gasteiger partial charge is 0.189 e. The second-order valence-electron chi connectivity index (χ2n) is 6.20. The number of hydrogen-bond donors (Lipinski definition) is 1. The average Bonchev–Trinajstić information content (AvgIpc) is 2.64. The van der Waals surface area contributed by atoms with Crippen LogP contribution in [0.4, 0.5) is 4.39 Å². The van der Waals surface area contributed by atoms with Crippen molar-refractivity contribution >= 4 is 0 Å². The first kappa shape index (κ1) is 18.0. The molecule has 1 saturated heterocycles. The number of rotatable bonds is 6. The molecule has 1 N–H and O–H groups in total. The van der Waals surface area contributed by atoms with Gasteiger partial charge in [0.05, 0.1) is 19.3 Å². The van der Waals surface area contributed by atoms with Crippen molar-refractivity contribution < 1.29 is 23.7 Å². The van der Waals surface area contributed by atoms with E-state index in [-0.39, 0.29) is 6.61 Å². The summed E-state index contributed by atoms with van der Waals surface area (Å²) in [6.45, 7) is 2.33. The van der Waals surface area contributed by atoms with Crippen LogP contribution in [0.5, 0.6) is 0 Å². The Morgan fingerprint density at radius 1 is 0.880 bits per heavy atom. The van der Waals surface area contributed by atoms with Crippen LogP contribution in [0.15, 0.2) is 60.7 Å². The van der Waals surface area contributed by atoms with Crippen LogP contribution in [0.3, 0.4) is 0 Å². The van der Waals surface area contributed by atoms with Gasteiger partial charge in [0.2, 0.25) is 0 Å². The summed E-state index contributed by atoms with van der Waals surface area (Å²) in [5.74, 6) is 0. The number of aliphatic hydroxyl groups excluding tert-OH is 1. The predicted molar refractivity (Wildman–Crippen MR) is 91.5 cm³/mol. The van der Waals surface area contributed by atoms with E-state index in [4.69, 9.17) is 14.2 Å². The van der Waals surface area contributed by atoms with Gasteiger partial charge in [0.25, 0.3) is 0 Å². The lowest BCUT2D eigenvalue weighted by molar-refractivity contribution is -0.282. The van der Waals surface area contributed by atoms with Crippen LogP contribution >= 0.6 is 0 Å². The molecule has 0 spiro atoms. The normalized spacial score (nSPS) is 29.5. The standard InChI is InChI=1S/C20H23FO4/c1-14-18(23-12-15-8-4-2-5-9-15)19(17(21)20(22)25-14)24-13-16-10-6-3-7-11-16/h2-11,14,17-20,22H,12-13H2,1H3/t14-,17-,18+,19-,20-/m0/s1. The Morgan fingerprint density at radius 3 is 1.88 bits per heavy atom. The van der Waals surface area contributed by atoms with Crippen molar-refractivity contribution in [1.29, 1.82) is 0 Å². The summed E-state index contributed by atoms with van der Waals surface area (Å²) < 4.78 is 31.5. The predicted octanol–water partition coefficient (Wildman–Crippen LogP) is 3.23. The molecule has 3 rings (SSSR count). The van der Waals surface area contributed by atoms with Crippen molar-refractivity contribution in [3.05, 3.63) is 71.8 Å². The molecule has 0 aromatic heterocycles. The van der Waals surface area contributed by atoms with Crippen LogP contribution < -0.4 is 0 Å². The zero-order valence-corrected chi connectivity index (χ0v) is 14.1. The van der Waals surface area contributed by atoms with E-state index in [2.05, 4.69) is 0 Å². The molecule has 2 aromatic rings. The number of halogens is 1. The minimum atomic E-state index is -1.67. The summed E-state index contributed by atoms with van der Waals surface area (Å²) in [6.07, 6.45) is -5.16. The maximum atomic E-state index is 14.5. The molecule has 0 unspecified atom stereocenters. The third kappa shape index (κ3) is 4.64. The van der Waals surface area contributed by atoms with Crippen LogP contribution in [0, 0.1) is 0 Å². The molecular weight excluding hydrogens is 323 g/mol. The zero-order chi connectivity index (χ0) is 17.6. The summed E-state index contributed by atoms with van der Waals surface area (Å²) in [6, 6.07) is 19.2. The molecule has 5 atom stereocenters. The van der Waals surface area contributed by atoms with Gasteiger partial charge in [-0.3, -0.25) is 0 Å². The average molecular weight is 346 g/mol. The molecule has 1 aliphatic heterocycles. The zero-order valence-electron chi connectivity index (χ0n) is 14.1. The van der Waals surface area contributed by atoms with E-state index in [1.165, 1.54) is 0 Å². The highest BCUT2D eigenvalue weighted by Crippen LogP contribution is 2.28. The highest BCUT2D eigenvalue weighted by molar-refractivity contribution is 5.14. The van der Waals surface area contributed by atoms with Crippen LogP contribution in [0.2, 0.25) is 0 Å². The topological polar surface area (TPSA) is 47.9 Å². The lowest BCUT2D eigenvalue weighted by Gasteiger charge is -2.40. The van der Waals surface area contributed by atoms with Gasteiger partial charge in [-0.1, -0.05) is 60.7 Å². The molecule has 0 amide bonds. The summed E-state index contributed by atoms with van der Waals surface area (Å²) in [5.41, 5.74) is 1.92. The highest BCUT2D eigenvalue weighted by Gasteiger charge is 2.45. The number of aliphatic hydroxyl groups is 1. The Labute approximate surface area is 147 Å². The minimum Gasteiger partial charge on any atom is -0.368 e. The summed E-state index contributed by atoms with van der Waals surface area (Å²) in [7, 11) is 0. The Kier molecular flexibility index (Phi) is 6.15. The molecule has 5 heteroatoms. The van der Waals surface area contributed by atoms with E-state index < -0.39 is 30.8 Å². The molecule has 1 heterocycles. The molecule has 4 nitrogen and oxygen atoms in total. The lowest BCUT2D eigenvalue weighted by Crippen LogP contribution is -2.56. The van der Waals surface area contributed by atoms with Crippen LogP contribution in [0.25, 0.3) is 0 Å². The quantitative estimate of drug-likeness (QED) is 0.872. The van der Waals surface area contributed by atoms with E-state index in [0.717, 1.165) is 11.1 Å². The van der Waals surface area contributed by atoms with E-state index in [9.17, 15) is 9.50 Å². The maximum Gasteiger partial charge on any atom is 0.189 e. The third-order valence-electron chi connectivity index (χ3n) is 4.30. The van der Waals surface area contributed by atoms with Gasteiger partial charge in [-0.25, -0.2) is 4.39 Å². The minimum absolute atomic E-state index is 0.247. The monoisotopic (exact) mass is 346 g/mol. The van der Waals surface area contributed by atoms with E-state index in [1.54, 1.807) is 6.92 Å². The van der Waals surface area contributed by atoms with Crippen molar-refractivity contribution in [3.63, 3.8) is 0 Å². The maximum absolute atomic E-state index is 14.5. The first-order chi connectivity index (χ1) is 12.1. The summed E-state index contributed by atoms with van der Waals surface area (Å²) in [5, 5.41) is 9.79.